The molecule has 35 heavy (non-hydrogen) atoms. The Bertz CT molecular complexity index is 1190. The van der Waals surface area contributed by atoms with E-state index in [2.05, 4.69) is 42.2 Å². The molecule has 1 aliphatic rings. The van der Waals surface area contributed by atoms with Gasteiger partial charge in [0.1, 0.15) is 11.6 Å². The second kappa shape index (κ2) is 10.9. The average molecular weight is 473 g/mol. The number of benzene rings is 2. The number of carbonyl (C=O) groups excluding carboxylic acids is 1. The maximum atomic E-state index is 12.5. The molecule has 0 spiro atoms. The zero-order valence-electron chi connectivity index (χ0n) is 21.4. The van der Waals surface area contributed by atoms with Gasteiger partial charge >= 0.3 is 0 Å². The van der Waals surface area contributed by atoms with E-state index in [1.54, 1.807) is 12.2 Å². The normalized spacial score (nSPS) is 14.9. The van der Waals surface area contributed by atoms with Gasteiger partial charge in [0, 0.05) is 36.3 Å². The highest BCUT2D eigenvalue weighted by atomic mass is 16.5. The molecule has 0 bridgehead atoms. The van der Waals surface area contributed by atoms with E-state index < -0.39 is 0 Å². The number of pyridine rings is 1. The molecular formula is C29H36N4O2. The number of aryl methyl sites for hydroxylation is 1. The zero-order chi connectivity index (χ0) is 24.9. The lowest BCUT2D eigenvalue weighted by Crippen LogP contribution is -2.42. The number of hydrogen-bond acceptors (Lipinski definition) is 5. The van der Waals surface area contributed by atoms with E-state index in [4.69, 9.17) is 9.72 Å². The van der Waals surface area contributed by atoms with Crippen LogP contribution in [0.1, 0.15) is 37.8 Å². The SMILES string of the molecule is Cc1cc(N2CCC(N(C)C)CC2)nc2ccc(NC(=O)/C=C/c3ccc(OC(C)C)cc3)cc12. The minimum Gasteiger partial charge on any atom is -0.491 e. The monoisotopic (exact) mass is 472 g/mol. The second-order valence-corrected chi connectivity index (χ2v) is 9.77. The van der Waals surface area contributed by atoms with E-state index in [0.717, 1.165) is 65.2 Å². The molecule has 184 valence electrons. The molecule has 1 aliphatic heterocycles. The Labute approximate surface area is 208 Å². The zero-order valence-corrected chi connectivity index (χ0v) is 21.4. The van der Waals surface area contributed by atoms with Crippen LogP contribution in [-0.2, 0) is 4.79 Å². The summed E-state index contributed by atoms with van der Waals surface area (Å²) in [4.78, 5) is 22.1. The number of carbonyl (C=O) groups is 1. The number of nitrogens with one attached hydrogen (secondary N) is 1. The lowest BCUT2D eigenvalue weighted by molar-refractivity contribution is -0.111. The molecule has 2 aromatic carbocycles. The summed E-state index contributed by atoms with van der Waals surface area (Å²) in [7, 11) is 4.32. The topological polar surface area (TPSA) is 57.7 Å². The highest BCUT2D eigenvalue weighted by Gasteiger charge is 2.22. The summed E-state index contributed by atoms with van der Waals surface area (Å²) in [5.41, 5.74) is 3.82. The van der Waals surface area contributed by atoms with Crippen LogP contribution in [0.5, 0.6) is 5.75 Å². The number of fused-ring (bicyclic) bond motifs is 1. The number of aromatic nitrogens is 1. The number of nitrogens with zero attached hydrogens (tertiary/aromatic N) is 3. The maximum Gasteiger partial charge on any atom is 0.248 e. The Kier molecular flexibility index (Phi) is 7.71. The van der Waals surface area contributed by atoms with Crippen LogP contribution in [0.15, 0.2) is 54.6 Å². The first-order valence-electron chi connectivity index (χ1n) is 12.4. The third-order valence-electron chi connectivity index (χ3n) is 6.47. The summed E-state index contributed by atoms with van der Waals surface area (Å²) in [6, 6.07) is 16.4. The van der Waals surface area contributed by atoms with Crippen LogP contribution in [0, 0.1) is 6.92 Å². The molecule has 0 atom stereocenters. The fourth-order valence-electron chi connectivity index (χ4n) is 4.51. The van der Waals surface area contributed by atoms with Gasteiger partial charge in [0.2, 0.25) is 5.91 Å². The van der Waals surface area contributed by atoms with Crippen LogP contribution in [0.2, 0.25) is 0 Å². The van der Waals surface area contributed by atoms with E-state index in [1.807, 2.05) is 56.3 Å². The Hall–Kier alpha value is -3.38. The fourth-order valence-corrected chi connectivity index (χ4v) is 4.51. The molecule has 6 heteroatoms. The van der Waals surface area contributed by atoms with Crippen molar-refractivity contribution in [2.45, 2.75) is 45.8 Å². The average Bonchev–Trinajstić information content (AvgIpc) is 2.83. The highest BCUT2D eigenvalue weighted by molar-refractivity contribution is 6.03. The van der Waals surface area contributed by atoms with Crippen molar-refractivity contribution in [2.24, 2.45) is 0 Å². The summed E-state index contributed by atoms with van der Waals surface area (Å²) in [5, 5.41) is 4.02. The number of hydrogen-bond donors (Lipinski definition) is 1. The molecular weight excluding hydrogens is 436 g/mol. The Morgan fingerprint density at radius 1 is 1.11 bits per heavy atom. The van der Waals surface area contributed by atoms with Crippen molar-refractivity contribution in [3.63, 3.8) is 0 Å². The van der Waals surface area contributed by atoms with Crippen LogP contribution < -0.4 is 15.0 Å². The first-order chi connectivity index (χ1) is 16.8. The van der Waals surface area contributed by atoms with Gasteiger partial charge in [-0.1, -0.05) is 12.1 Å². The lowest BCUT2D eigenvalue weighted by Gasteiger charge is -2.36. The molecule has 0 unspecified atom stereocenters. The molecule has 2 heterocycles. The molecule has 1 aromatic heterocycles. The first-order valence-corrected chi connectivity index (χ1v) is 12.4. The van der Waals surface area contributed by atoms with Gasteiger partial charge < -0.3 is 19.9 Å². The summed E-state index contributed by atoms with van der Waals surface area (Å²) >= 11 is 0. The van der Waals surface area contributed by atoms with Crippen molar-refractivity contribution < 1.29 is 9.53 Å². The van der Waals surface area contributed by atoms with Crippen LogP contribution in [0.25, 0.3) is 17.0 Å². The maximum absolute atomic E-state index is 12.5. The van der Waals surface area contributed by atoms with E-state index in [1.165, 1.54) is 0 Å². The van der Waals surface area contributed by atoms with Gasteiger partial charge in [-0.2, -0.15) is 0 Å². The molecule has 3 aromatic rings. The molecule has 1 saturated heterocycles. The van der Waals surface area contributed by atoms with E-state index in [0.29, 0.717) is 6.04 Å². The van der Waals surface area contributed by atoms with Gasteiger partial charge in [0.15, 0.2) is 0 Å². The predicted molar refractivity (Wildman–Crippen MR) is 145 cm³/mol. The van der Waals surface area contributed by atoms with Crippen LogP contribution in [0.4, 0.5) is 11.5 Å². The fraction of sp³-hybridized carbons (Fsp3) is 0.379. The van der Waals surface area contributed by atoms with Gasteiger partial charge in [-0.25, -0.2) is 4.98 Å². The smallest absolute Gasteiger partial charge is 0.248 e. The van der Waals surface area contributed by atoms with Gasteiger partial charge in [0.05, 0.1) is 11.6 Å². The minimum absolute atomic E-state index is 0.134. The number of piperidine rings is 1. The highest BCUT2D eigenvalue weighted by Crippen LogP contribution is 2.27. The van der Waals surface area contributed by atoms with Gasteiger partial charge in [0.25, 0.3) is 0 Å². The number of anilines is 2. The Morgan fingerprint density at radius 2 is 1.83 bits per heavy atom. The summed E-state index contributed by atoms with van der Waals surface area (Å²) in [6.07, 6.45) is 5.79. The number of amides is 1. The summed E-state index contributed by atoms with van der Waals surface area (Å²) in [5.74, 6) is 1.69. The van der Waals surface area contributed by atoms with Crippen molar-refractivity contribution in [1.29, 1.82) is 0 Å². The second-order valence-electron chi connectivity index (χ2n) is 9.77. The van der Waals surface area contributed by atoms with Gasteiger partial charge in [-0.15, -0.1) is 0 Å². The number of rotatable bonds is 7. The van der Waals surface area contributed by atoms with Crippen molar-refractivity contribution in [3.8, 4) is 5.75 Å². The van der Waals surface area contributed by atoms with Crippen LogP contribution >= 0.6 is 0 Å². The molecule has 0 aliphatic carbocycles. The Morgan fingerprint density at radius 3 is 2.49 bits per heavy atom. The molecule has 0 saturated carbocycles. The van der Waals surface area contributed by atoms with Crippen molar-refractivity contribution >= 4 is 34.4 Å². The third kappa shape index (κ3) is 6.40. The molecule has 4 rings (SSSR count). The van der Waals surface area contributed by atoms with Crippen LogP contribution in [-0.4, -0.2) is 55.1 Å². The molecule has 6 nitrogen and oxygen atoms in total. The predicted octanol–water partition coefficient (Wildman–Crippen LogP) is 5.51. The summed E-state index contributed by atoms with van der Waals surface area (Å²) in [6.45, 7) is 8.15. The van der Waals surface area contributed by atoms with E-state index in [-0.39, 0.29) is 12.0 Å². The van der Waals surface area contributed by atoms with Crippen molar-refractivity contribution in [3.05, 3.63) is 65.7 Å². The Balaban J connectivity index is 1.41. The van der Waals surface area contributed by atoms with E-state index in [9.17, 15) is 4.79 Å². The van der Waals surface area contributed by atoms with Crippen LogP contribution in [0.3, 0.4) is 0 Å². The van der Waals surface area contributed by atoms with E-state index >= 15 is 0 Å². The largest absolute Gasteiger partial charge is 0.491 e. The lowest BCUT2D eigenvalue weighted by atomic mass is 10.0. The van der Waals surface area contributed by atoms with Crippen molar-refractivity contribution in [1.82, 2.24) is 9.88 Å². The minimum atomic E-state index is -0.169. The molecule has 1 amide bonds. The molecule has 0 radical (unpaired) electrons. The quantitative estimate of drug-likeness (QED) is 0.459. The third-order valence-corrected chi connectivity index (χ3v) is 6.47. The first kappa shape index (κ1) is 24.7. The molecule has 1 fully saturated rings. The molecule has 1 N–H and O–H groups in total. The standard InChI is InChI=1S/C29H36N4O2/c1-20(2)35-25-10-6-22(7-11-25)8-13-29(34)30-23-9-12-27-26(19-23)21(3)18-28(31-27)33-16-14-24(15-17-33)32(4)5/h6-13,18-20,24H,14-17H2,1-5H3,(H,30,34)/b13-8+. The number of ether oxygens (including phenoxy) is 1. The van der Waals surface area contributed by atoms with Gasteiger partial charge in [-0.3, -0.25) is 4.79 Å². The van der Waals surface area contributed by atoms with Gasteiger partial charge in [-0.05, 0) is 101 Å². The van der Waals surface area contributed by atoms with Crippen molar-refractivity contribution in [2.75, 3.05) is 37.4 Å². The summed E-state index contributed by atoms with van der Waals surface area (Å²) < 4.78 is 5.66.